The highest BCUT2D eigenvalue weighted by Crippen LogP contribution is 2.43. The lowest BCUT2D eigenvalue weighted by Crippen LogP contribution is -2.37. The van der Waals surface area contributed by atoms with Crippen LogP contribution in [0.1, 0.15) is 24.4 Å². The first-order chi connectivity index (χ1) is 18.5. The molecule has 1 saturated carbocycles. The number of hydrogen-bond acceptors (Lipinski definition) is 7. The van der Waals surface area contributed by atoms with Gasteiger partial charge < -0.3 is 30.0 Å². The number of hydrogen-bond donors (Lipinski definition) is 2. The van der Waals surface area contributed by atoms with E-state index in [0.717, 1.165) is 46.3 Å². The van der Waals surface area contributed by atoms with E-state index in [1.54, 1.807) is 0 Å². The maximum absolute atomic E-state index is 11.9. The minimum atomic E-state index is -0.362. The van der Waals surface area contributed by atoms with Crippen LogP contribution >= 0.6 is 0 Å². The summed E-state index contributed by atoms with van der Waals surface area (Å²) >= 11 is 0. The number of rotatable bonds is 10. The Labute approximate surface area is 222 Å². The van der Waals surface area contributed by atoms with Crippen LogP contribution in [0.2, 0.25) is 0 Å². The molecule has 2 aromatic carbocycles. The van der Waals surface area contributed by atoms with E-state index in [4.69, 9.17) is 15.2 Å². The molecule has 4 aromatic rings. The van der Waals surface area contributed by atoms with Crippen LogP contribution in [0, 0.1) is 5.92 Å². The number of nitrogens with two attached hydrogens (primary N) is 1. The largest absolute Gasteiger partial charge is 0.489 e. The molecule has 0 unspecified atom stereocenters. The molecule has 3 N–H and O–H groups in total. The maximum atomic E-state index is 11.9. The van der Waals surface area contributed by atoms with Gasteiger partial charge in [-0.1, -0.05) is 42.5 Å². The summed E-state index contributed by atoms with van der Waals surface area (Å²) in [6.07, 6.45) is 5.14. The third-order valence-corrected chi connectivity index (χ3v) is 6.94. The number of anilines is 1. The highest BCUT2D eigenvalue weighted by atomic mass is 16.5. The van der Waals surface area contributed by atoms with E-state index in [-0.39, 0.29) is 12.1 Å². The molecule has 0 bridgehead atoms. The molecular formula is C29H34N6O3. The van der Waals surface area contributed by atoms with E-state index >= 15 is 0 Å². The van der Waals surface area contributed by atoms with Gasteiger partial charge in [0.1, 0.15) is 36.8 Å². The number of amides is 1. The lowest BCUT2D eigenvalue weighted by molar-refractivity contribution is 0.128. The SMILES string of the molecule is CN(C)CCOC(=O)NC[C@H]1C[C@H](n2cc(-c3cccc(OCc4ccccc4)c3)c3c(N)ncnc32)C1. The van der Waals surface area contributed by atoms with E-state index in [0.29, 0.717) is 38.0 Å². The normalized spacial score (nSPS) is 16.8. The molecular weight excluding hydrogens is 480 g/mol. The van der Waals surface area contributed by atoms with Crippen LogP contribution < -0.4 is 15.8 Å². The molecule has 2 heterocycles. The molecule has 0 aliphatic heterocycles. The first-order valence-corrected chi connectivity index (χ1v) is 12.9. The first kappa shape index (κ1) is 25.5. The van der Waals surface area contributed by atoms with Crippen molar-refractivity contribution in [3.63, 3.8) is 0 Å². The predicted octanol–water partition coefficient (Wildman–Crippen LogP) is 4.50. The second-order valence-corrected chi connectivity index (χ2v) is 10.0. The number of benzene rings is 2. The van der Waals surface area contributed by atoms with Gasteiger partial charge in [0.05, 0.1) is 5.39 Å². The van der Waals surface area contributed by atoms with Crippen molar-refractivity contribution in [3.8, 4) is 16.9 Å². The number of nitrogen functional groups attached to an aromatic ring is 1. The van der Waals surface area contributed by atoms with Crippen molar-refractivity contribution < 1.29 is 14.3 Å². The molecule has 0 spiro atoms. The van der Waals surface area contributed by atoms with Crippen molar-refractivity contribution in [2.75, 3.05) is 39.5 Å². The smallest absolute Gasteiger partial charge is 0.407 e. The van der Waals surface area contributed by atoms with Crippen molar-refractivity contribution >= 4 is 22.9 Å². The number of carbonyl (C=O) groups excluding carboxylic acids is 1. The Bertz CT molecular complexity index is 1380. The summed E-state index contributed by atoms with van der Waals surface area (Å²) in [6, 6.07) is 18.4. The minimum Gasteiger partial charge on any atom is -0.489 e. The zero-order valence-electron chi connectivity index (χ0n) is 21.8. The monoisotopic (exact) mass is 514 g/mol. The van der Waals surface area contributed by atoms with Gasteiger partial charge >= 0.3 is 6.09 Å². The molecule has 9 heteroatoms. The molecule has 38 heavy (non-hydrogen) atoms. The number of ether oxygens (including phenoxy) is 2. The van der Waals surface area contributed by atoms with E-state index < -0.39 is 0 Å². The number of nitrogens with zero attached hydrogens (tertiary/aromatic N) is 4. The number of alkyl carbamates (subject to hydrolysis) is 1. The van der Waals surface area contributed by atoms with Gasteiger partial charge in [-0.25, -0.2) is 14.8 Å². The summed E-state index contributed by atoms with van der Waals surface area (Å²) in [4.78, 5) is 22.8. The molecule has 5 rings (SSSR count). The zero-order chi connectivity index (χ0) is 26.5. The quantitative estimate of drug-likeness (QED) is 0.321. The standard InChI is InChI=1S/C29H34N6O3/c1-34(2)11-12-37-29(36)31-16-21-13-23(14-21)35-17-25(26-27(30)32-19-33-28(26)35)22-9-6-10-24(15-22)38-18-20-7-4-3-5-8-20/h3-10,15,17,19,21,23H,11-14,16,18H2,1-2H3,(H,31,36)(H2,30,32,33)/t21-,23-. The topological polar surface area (TPSA) is 108 Å². The molecule has 1 amide bonds. The van der Waals surface area contributed by atoms with Crippen LogP contribution in [0.25, 0.3) is 22.2 Å². The minimum absolute atomic E-state index is 0.273. The number of fused-ring (bicyclic) bond motifs is 1. The van der Waals surface area contributed by atoms with Gasteiger partial charge in [-0.15, -0.1) is 0 Å². The maximum Gasteiger partial charge on any atom is 0.407 e. The summed E-state index contributed by atoms with van der Waals surface area (Å²) in [5, 5.41) is 3.74. The van der Waals surface area contributed by atoms with Crippen LogP contribution in [0.4, 0.5) is 10.6 Å². The summed E-state index contributed by atoms with van der Waals surface area (Å²) in [5.74, 6) is 1.63. The Morgan fingerprint density at radius 2 is 1.95 bits per heavy atom. The number of aromatic nitrogens is 3. The van der Waals surface area contributed by atoms with Gasteiger partial charge in [-0.05, 0) is 56.1 Å². The van der Waals surface area contributed by atoms with Crippen molar-refractivity contribution in [3.05, 3.63) is 72.7 Å². The summed E-state index contributed by atoms with van der Waals surface area (Å²) in [6.45, 7) is 2.18. The third-order valence-electron chi connectivity index (χ3n) is 6.94. The van der Waals surface area contributed by atoms with Crippen molar-refractivity contribution in [2.45, 2.75) is 25.5 Å². The number of carbonyl (C=O) groups is 1. The fraction of sp³-hybridized carbons (Fsp3) is 0.345. The van der Waals surface area contributed by atoms with E-state index in [2.05, 4.69) is 32.1 Å². The molecule has 2 aromatic heterocycles. The second-order valence-electron chi connectivity index (χ2n) is 10.0. The summed E-state index contributed by atoms with van der Waals surface area (Å²) in [5.41, 5.74) is 10.3. The highest BCUT2D eigenvalue weighted by molar-refractivity contribution is 6.00. The Morgan fingerprint density at radius 1 is 1.13 bits per heavy atom. The van der Waals surface area contributed by atoms with Gasteiger partial charge in [0.2, 0.25) is 0 Å². The van der Waals surface area contributed by atoms with Crippen LogP contribution in [0.3, 0.4) is 0 Å². The van der Waals surface area contributed by atoms with Crippen LogP contribution in [0.5, 0.6) is 5.75 Å². The van der Waals surface area contributed by atoms with E-state index in [1.807, 2.05) is 67.5 Å². The lowest BCUT2D eigenvalue weighted by atomic mass is 9.80. The van der Waals surface area contributed by atoms with Crippen LogP contribution in [-0.2, 0) is 11.3 Å². The van der Waals surface area contributed by atoms with Crippen molar-refractivity contribution in [2.24, 2.45) is 5.92 Å². The van der Waals surface area contributed by atoms with Gasteiger partial charge in [-0.3, -0.25) is 0 Å². The van der Waals surface area contributed by atoms with Gasteiger partial charge in [-0.2, -0.15) is 0 Å². The molecule has 1 fully saturated rings. The summed E-state index contributed by atoms with van der Waals surface area (Å²) in [7, 11) is 3.89. The highest BCUT2D eigenvalue weighted by Gasteiger charge is 2.32. The molecule has 9 nitrogen and oxygen atoms in total. The molecule has 0 atom stereocenters. The Kier molecular flexibility index (Phi) is 7.74. The van der Waals surface area contributed by atoms with Crippen LogP contribution in [-0.4, -0.2) is 59.3 Å². The Balaban J connectivity index is 1.27. The molecule has 1 aliphatic carbocycles. The van der Waals surface area contributed by atoms with E-state index in [1.165, 1.54) is 6.33 Å². The second kappa shape index (κ2) is 11.5. The van der Waals surface area contributed by atoms with Crippen molar-refractivity contribution in [1.82, 2.24) is 24.8 Å². The fourth-order valence-electron chi connectivity index (χ4n) is 4.79. The fourth-order valence-corrected chi connectivity index (χ4v) is 4.79. The zero-order valence-corrected chi connectivity index (χ0v) is 21.8. The first-order valence-electron chi connectivity index (χ1n) is 12.9. The molecule has 0 saturated heterocycles. The van der Waals surface area contributed by atoms with Crippen LogP contribution in [0.15, 0.2) is 67.1 Å². The molecule has 0 radical (unpaired) electrons. The van der Waals surface area contributed by atoms with Gasteiger partial charge in [0.15, 0.2) is 0 Å². The summed E-state index contributed by atoms with van der Waals surface area (Å²) < 4.78 is 13.5. The Hall–Kier alpha value is -4.11. The van der Waals surface area contributed by atoms with Gasteiger partial charge in [0.25, 0.3) is 0 Å². The third kappa shape index (κ3) is 5.89. The average molecular weight is 515 g/mol. The van der Waals surface area contributed by atoms with Crippen molar-refractivity contribution in [1.29, 1.82) is 0 Å². The van der Waals surface area contributed by atoms with Gasteiger partial charge in [0, 0.05) is 30.9 Å². The lowest BCUT2D eigenvalue weighted by Gasteiger charge is -2.36. The average Bonchev–Trinajstić information content (AvgIpc) is 3.28. The predicted molar refractivity (Wildman–Crippen MR) is 148 cm³/mol. The number of likely N-dealkylation sites (N-methyl/N-ethyl adjacent to an activating group) is 1. The van der Waals surface area contributed by atoms with E-state index in [9.17, 15) is 4.79 Å². The Morgan fingerprint density at radius 3 is 2.74 bits per heavy atom. The number of nitrogens with one attached hydrogen (secondary N) is 1. The molecule has 1 aliphatic rings. The molecule has 198 valence electrons.